The number of benzene rings is 1. The van der Waals surface area contributed by atoms with Crippen LogP contribution in [-0.4, -0.2) is 49.8 Å². The molecule has 1 aromatic carbocycles. The van der Waals surface area contributed by atoms with Gasteiger partial charge in [0.25, 0.3) is 0 Å². The Balaban J connectivity index is 0.00000261. The third-order valence-corrected chi connectivity index (χ3v) is 6.71. The minimum atomic E-state index is -0.191. The zero-order valence-corrected chi connectivity index (χ0v) is 19.2. The van der Waals surface area contributed by atoms with Gasteiger partial charge in [0.05, 0.1) is 6.54 Å². The number of aliphatic imine (C=N–C) groups is 1. The fraction of sp³-hybridized carbons (Fsp3) is 0.650. The predicted molar refractivity (Wildman–Crippen MR) is 123 cm³/mol. The van der Waals surface area contributed by atoms with Crippen molar-refractivity contribution in [2.24, 2.45) is 4.99 Å². The van der Waals surface area contributed by atoms with Gasteiger partial charge in [-0.05, 0) is 56.1 Å². The average molecular weight is 507 g/mol. The number of nitrogens with one attached hydrogen (secondary N) is 2. The molecular weight excluding hydrogens is 476 g/mol. The summed E-state index contributed by atoms with van der Waals surface area (Å²) in [5.41, 5.74) is 1.09. The molecule has 152 valence electrons. The highest BCUT2D eigenvalue weighted by molar-refractivity contribution is 14.0. The van der Waals surface area contributed by atoms with Gasteiger partial charge >= 0.3 is 0 Å². The van der Waals surface area contributed by atoms with Gasteiger partial charge in [-0.3, -0.25) is 4.99 Å². The monoisotopic (exact) mass is 507 g/mol. The van der Waals surface area contributed by atoms with Crippen LogP contribution < -0.4 is 10.6 Å². The summed E-state index contributed by atoms with van der Waals surface area (Å²) < 4.78 is 18.9. The number of guanidine groups is 1. The molecule has 2 heterocycles. The standard InChI is InChI=1S/C20H30FN3OS.HI/c1-2-22-19(23-14-18-4-3-13-26-18)24-15-20(9-11-25-12-10-20)16-5-7-17(21)8-6-16;/h5-8,18H,2-4,9-15H2,1H3,(H2,22,23,24);1H. The van der Waals surface area contributed by atoms with Crippen LogP contribution in [0.4, 0.5) is 4.39 Å². The van der Waals surface area contributed by atoms with Crippen molar-refractivity contribution in [1.29, 1.82) is 0 Å². The Labute approximate surface area is 183 Å². The van der Waals surface area contributed by atoms with Gasteiger partial charge < -0.3 is 15.4 Å². The summed E-state index contributed by atoms with van der Waals surface area (Å²) in [6.45, 7) is 6.05. The zero-order chi connectivity index (χ0) is 18.2. The van der Waals surface area contributed by atoms with Crippen LogP contribution >= 0.6 is 35.7 Å². The minimum absolute atomic E-state index is 0. The summed E-state index contributed by atoms with van der Waals surface area (Å²) in [7, 11) is 0. The van der Waals surface area contributed by atoms with Crippen molar-refractivity contribution in [3.63, 3.8) is 0 Å². The zero-order valence-electron chi connectivity index (χ0n) is 16.0. The number of thioether (sulfide) groups is 1. The van der Waals surface area contributed by atoms with E-state index in [1.165, 1.54) is 18.6 Å². The van der Waals surface area contributed by atoms with Gasteiger partial charge in [0.1, 0.15) is 5.82 Å². The molecule has 1 atom stereocenters. The van der Waals surface area contributed by atoms with Crippen LogP contribution in [0, 0.1) is 5.82 Å². The van der Waals surface area contributed by atoms with E-state index < -0.39 is 0 Å². The van der Waals surface area contributed by atoms with Crippen LogP contribution in [-0.2, 0) is 10.2 Å². The Morgan fingerprint density at radius 3 is 2.63 bits per heavy atom. The molecule has 0 amide bonds. The molecule has 1 aromatic rings. The van der Waals surface area contributed by atoms with Crippen molar-refractivity contribution < 1.29 is 9.13 Å². The Morgan fingerprint density at radius 2 is 2.00 bits per heavy atom. The molecule has 4 nitrogen and oxygen atoms in total. The molecule has 0 radical (unpaired) electrons. The van der Waals surface area contributed by atoms with Crippen LogP contribution in [0.1, 0.15) is 38.2 Å². The third-order valence-electron chi connectivity index (χ3n) is 5.31. The normalized spacial score (nSPS) is 22.1. The lowest BCUT2D eigenvalue weighted by atomic mass is 9.74. The lowest BCUT2D eigenvalue weighted by Crippen LogP contribution is -2.42. The van der Waals surface area contributed by atoms with E-state index >= 15 is 0 Å². The van der Waals surface area contributed by atoms with E-state index in [4.69, 9.17) is 9.73 Å². The van der Waals surface area contributed by atoms with Crippen LogP contribution in [0.2, 0.25) is 0 Å². The molecule has 27 heavy (non-hydrogen) atoms. The van der Waals surface area contributed by atoms with Gasteiger partial charge in [-0.1, -0.05) is 12.1 Å². The first-order valence-corrected chi connectivity index (χ1v) is 10.7. The van der Waals surface area contributed by atoms with Gasteiger partial charge in [-0.15, -0.1) is 24.0 Å². The van der Waals surface area contributed by atoms with Crippen LogP contribution in [0.5, 0.6) is 0 Å². The second-order valence-electron chi connectivity index (χ2n) is 7.11. The topological polar surface area (TPSA) is 45.7 Å². The van der Waals surface area contributed by atoms with Gasteiger partial charge in [0, 0.05) is 37.0 Å². The maximum Gasteiger partial charge on any atom is 0.191 e. The van der Waals surface area contributed by atoms with E-state index in [1.54, 1.807) is 12.1 Å². The second kappa shape index (κ2) is 11.5. The SMILES string of the molecule is CCNC(=NCC1(c2ccc(F)cc2)CCOCC1)NCC1CCCS1.I. The maximum atomic E-state index is 13.4. The first kappa shape index (κ1) is 22.7. The van der Waals surface area contributed by atoms with Crippen molar-refractivity contribution in [2.45, 2.75) is 43.3 Å². The molecule has 2 aliphatic heterocycles. The molecular formula is C20H31FIN3OS. The molecule has 0 aliphatic carbocycles. The number of hydrogen-bond donors (Lipinski definition) is 2. The summed E-state index contributed by atoms with van der Waals surface area (Å²) in [5, 5.41) is 7.56. The predicted octanol–water partition coefficient (Wildman–Crippen LogP) is 3.94. The summed E-state index contributed by atoms with van der Waals surface area (Å²) in [5.74, 6) is 1.96. The van der Waals surface area contributed by atoms with E-state index in [2.05, 4.69) is 17.6 Å². The van der Waals surface area contributed by atoms with Gasteiger partial charge in [-0.2, -0.15) is 11.8 Å². The maximum absolute atomic E-state index is 13.4. The van der Waals surface area contributed by atoms with Gasteiger partial charge in [-0.25, -0.2) is 4.39 Å². The summed E-state index contributed by atoms with van der Waals surface area (Å²) in [6, 6.07) is 6.92. The molecule has 2 saturated heterocycles. The van der Waals surface area contributed by atoms with E-state index in [9.17, 15) is 4.39 Å². The van der Waals surface area contributed by atoms with Crippen LogP contribution in [0.25, 0.3) is 0 Å². The minimum Gasteiger partial charge on any atom is -0.381 e. The molecule has 2 fully saturated rings. The van der Waals surface area contributed by atoms with Crippen molar-refractivity contribution in [1.82, 2.24) is 10.6 Å². The Kier molecular flexibility index (Phi) is 9.65. The molecule has 1 unspecified atom stereocenters. The first-order valence-electron chi connectivity index (χ1n) is 9.69. The average Bonchev–Trinajstić information content (AvgIpc) is 3.19. The lowest BCUT2D eigenvalue weighted by molar-refractivity contribution is 0.0531. The van der Waals surface area contributed by atoms with Gasteiger partial charge in [0.15, 0.2) is 5.96 Å². The quantitative estimate of drug-likeness (QED) is 0.348. The second-order valence-corrected chi connectivity index (χ2v) is 8.52. The summed E-state index contributed by atoms with van der Waals surface area (Å²) >= 11 is 2.05. The lowest BCUT2D eigenvalue weighted by Gasteiger charge is -2.36. The van der Waals surface area contributed by atoms with Crippen molar-refractivity contribution in [2.75, 3.05) is 38.6 Å². The number of nitrogens with zero attached hydrogens (tertiary/aromatic N) is 1. The molecule has 0 aromatic heterocycles. The Morgan fingerprint density at radius 1 is 1.26 bits per heavy atom. The molecule has 7 heteroatoms. The smallest absolute Gasteiger partial charge is 0.191 e. The van der Waals surface area contributed by atoms with Gasteiger partial charge in [0.2, 0.25) is 0 Å². The van der Waals surface area contributed by atoms with Crippen molar-refractivity contribution in [3.05, 3.63) is 35.6 Å². The van der Waals surface area contributed by atoms with E-state index in [1.807, 2.05) is 23.9 Å². The summed E-state index contributed by atoms with van der Waals surface area (Å²) in [4.78, 5) is 4.90. The molecule has 0 saturated carbocycles. The number of ether oxygens (including phenoxy) is 1. The first-order chi connectivity index (χ1) is 12.7. The molecule has 0 spiro atoms. The highest BCUT2D eigenvalue weighted by Crippen LogP contribution is 2.35. The van der Waals surface area contributed by atoms with Crippen molar-refractivity contribution in [3.8, 4) is 0 Å². The Hall–Kier alpha value is -0.540. The Bertz CT molecular complexity index is 587. The summed E-state index contributed by atoms with van der Waals surface area (Å²) in [6.07, 6.45) is 4.44. The highest BCUT2D eigenvalue weighted by atomic mass is 127. The molecule has 2 N–H and O–H groups in total. The highest BCUT2D eigenvalue weighted by Gasteiger charge is 2.34. The number of halogens is 2. The molecule has 0 bridgehead atoms. The fourth-order valence-corrected chi connectivity index (χ4v) is 4.89. The third kappa shape index (κ3) is 6.49. The largest absolute Gasteiger partial charge is 0.381 e. The number of hydrogen-bond acceptors (Lipinski definition) is 3. The molecule has 3 rings (SSSR count). The van der Waals surface area contributed by atoms with Crippen LogP contribution in [0.3, 0.4) is 0 Å². The van der Waals surface area contributed by atoms with Crippen molar-refractivity contribution >= 4 is 41.7 Å². The van der Waals surface area contributed by atoms with E-state index in [0.717, 1.165) is 50.7 Å². The number of rotatable bonds is 6. The molecule has 2 aliphatic rings. The van der Waals surface area contributed by atoms with E-state index in [-0.39, 0.29) is 35.2 Å². The van der Waals surface area contributed by atoms with E-state index in [0.29, 0.717) is 11.8 Å². The van der Waals surface area contributed by atoms with Crippen LogP contribution in [0.15, 0.2) is 29.3 Å². The fourth-order valence-electron chi connectivity index (χ4n) is 3.69.